The summed E-state index contributed by atoms with van der Waals surface area (Å²) in [6, 6.07) is -9.64. The minimum absolute atomic E-state index is 0.00386. The number of carbonyl (C=O) groups excluding carboxylic acids is 12. The van der Waals surface area contributed by atoms with Crippen LogP contribution < -0.4 is 64.6 Å². The fourth-order valence-corrected chi connectivity index (χ4v) is 10.1. The van der Waals surface area contributed by atoms with Crippen molar-refractivity contribution in [2.24, 2.45) is 11.5 Å². The maximum atomic E-state index is 15.0. The maximum Gasteiger partial charge on any atom is 0.268 e. The van der Waals surface area contributed by atoms with Gasteiger partial charge in [0.05, 0.1) is 49.8 Å². The average molecular weight is 1350 g/mol. The van der Waals surface area contributed by atoms with Gasteiger partial charge in [0.1, 0.15) is 77.8 Å². The Bertz CT molecular complexity index is 3280. The summed E-state index contributed by atoms with van der Waals surface area (Å²) in [6.07, 6.45) is -4.22. The van der Waals surface area contributed by atoms with Crippen LogP contribution in [0.5, 0.6) is 5.75 Å². The van der Waals surface area contributed by atoms with Gasteiger partial charge in [0.2, 0.25) is 53.2 Å². The van der Waals surface area contributed by atoms with E-state index in [1.165, 1.54) is 44.2 Å². The summed E-state index contributed by atoms with van der Waals surface area (Å²) in [7, 11) is 0. The van der Waals surface area contributed by atoms with E-state index in [1.54, 1.807) is 6.08 Å². The highest BCUT2D eigenvalue weighted by Crippen LogP contribution is 2.32. The monoisotopic (exact) mass is 1350 g/mol. The van der Waals surface area contributed by atoms with Crippen molar-refractivity contribution in [2.75, 3.05) is 13.2 Å². The van der Waals surface area contributed by atoms with Crippen LogP contribution in [0.15, 0.2) is 72.4 Å². The van der Waals surface area contributed by atoms with Crippen LogP contribution in [0.1, 0.15) is 97.2 Å². The van der Waals surface area contributed by atoms with Gasteiger partial charge in [-0.1, -0.05) is 68.7 Å². The lowest BCUT2D eigenvalue weighted by molar-refractivity contribution is -0.283. The maximum absolute atomic E-state index is 15.0. The molecule has 1 fully saturated rings. The molecule has 2 aromatic rings. The number of aromatic hydroxyl groups is 1. The van der Waals surface area contributed by atoms with Gasteiger partial charge in [-0.05, 0) is 64.7 Å². The minimum atomic E-state index is -2.25. The van der Waals surface area contributed by atoms with E-state index in [2.05, 4.69) is 70.1 Å². The molecule has 35 heteroatoms. The highest BCUT2D eigenvalue weighted by Gasteiger charge is 2.43. The summed E-state index contributed by atoms with van der Waals surface area (Å²) < 4.78 is 11.1. The number of aliphatic hydroxyl groups is 6. The van der Waals surface area contributed by atoms with Gasteiger partial charge in [-0.15, -0.1) is 0 Å². The lowest BCUT2D eigenvalue weighted by Gasteiger charge is -2.36. The first kappa shape index (κ1) is 77.2. The largest absolute Gasteiger partial charge is 0.507 e. The number of phenolic OH excluding ortho intramolecular Hbond substituents is 1. The van der Waals surface area contributed by atoms with Crippen LogP contribution in [0, 0.1) is 0 Å². The fourth-order valence-electron chi connectivity index (χ4n) is 10.1. The number of carbonyl (C=O) groups is 12. The molecular formula is C61H86N14O21. The summed E-state index contributed by atoms with van der Waals surface area (Å²) in [5, 5.41) is 99.6. The van der Waals surface area contributed by atoms with Crippen molar-refractivity contribution in [3.63, 3.8) is 0 Å². The van der Waals surface area contributed by atoms with Gasteiger partial charge in [-0.3, -0.25) is 57.5 Å². The van der Waals surface area contributed by atoms with Gasteiger partial charge in [0.25, 0.3) is 17.7 Å². The first-order valence-electron chi connectivity index (χ1n) is 30.9. The Morgan fingerprint density at radius 3 is 2.19 bits per heavy atom. The molecule has 5 rings (SSSR count). The molecule has 0 radical (unpaired) electrons. The number of H-pyrrole nitrogens is 1. The van der Waals surface area contributed by atoms with Crippen LogP contribution in [0.4, 0.5) is 0 Å². The van der Waals surface area contributed by atoms with E-state index in [0.29, 0.717) is 6.42 Å². The molecule has 4 bridgehead atoms. The predicted molar refractivity (Wildman–Crippen MR) is 335 cm³/mol. The van der Waals surface area contributed by atoms with Gasteiger partial charge in [-0.2, -0.15) is 0 Å². The Balaban J connectivity index is 1.64. The molecule has 3 aliphatic heterocycles. The number of aromatic nitrogens is 2. The first-order chi connectivity index (χ1) is 45.5. The van der Waals surface area contributed by atoms with Gasteiger partial charge in [0, 0.05) is 30.5 Å². The third kappa shape index (κ3) is 22.3. The second-order valence-corrected chi connectivity index (χ2v) is 23.0. The standard InChI is InChI=1S/C61H86N14O21/c1-6-9-10-11-12-13-14-15-16-41(96-61-51(85)49(83)40(79)26-95-61)50(84)60(94)70-33(8-3)52(86)73-45-28(4)67-55(89)37-23-35-47(66-27-65-35)31-21-30(17-19-38(31)77)22-36(72-59(93)46(29(5)76)74-58(45)92)56(90)69-32(7-2)53(87)75-48(39(78)24-43(63)81)57(91)64-25-44(82)68-34(54(88)71-37)18-20-42(62)80/h7-8,13-17,19,21,27-29,34,36-37,39-41,45-46,48-51,61,76-79,83-85H,6,9-12,18,20,22-26H2,1-5H3,(H2,62,80)(H2,63,81)(H,64,91)(H,65,66)(H,67,89)(H,68,82)(H,69,90)(H,70,94)(H,71,88)(H,72,93)(H,73,86)(H,74,92)(H,75,87). The van der Waals surface area contributed by atoms with Crippen LogP contribution in [-0.2, 0) is 79.8 Å². The number of rotatable bonds is 21. The molecule has 35 nitrogen and oxygen atoms in total. The Kier molecular flexibility index (Phi) is 29.7. The van der Waals surface area contributed by atoms with E-state index in [0.717, 1.165) is 58.0 Å². The smallest absolute Gasteiger partial charge is 0.268 e. The SMILES string of the molecule is CC=C1NC(=O)C2Cc3ccc(O)c(c3)-c3nc[nH]c3CC(NC(=O)C(CCC(N)=O)NC(=O)CNC(=O)C(C(O)CC(N)=O)NC1=O)C(=O)NC(C)C(NC(=O)C(=CC)NC(=O)C(O)C(C=CC=CCCCCCC)OC1OCC(O)C(O)C1O)C(=O)NC(C(C)O)C(=O)N2. The van der Waals surface area contributed by atoms with Crippen molar-refractivity contribution < 1.29 is 103 Å². The van der Waals surface area contributed by atoms with E-state index in [1.807, 2.05) is 6.08 Å². The molecule has 0 aliphatic carbocycles. The summed E-state index contributed by atoms with van der Waals surface area (Å²) in [5.74, 6) is -15.2. The lowest BCUT2D eigenvalue weighted by atomic mass is 9.97. The number of ether oxygens (including phenoxy) is 2. The Labute approximate surface area is 550 Å². The van der Waals surface area contributed by atoms with Crippen molar-refractivity contribution in [1.29, 1.82) is 0 Å². The summed E-state index contributed by atoms with van der Waals surface area (Å²) in [6.45, 7) is 5.22. The number of amides is 12. The van der Waals surface area contributed by atoms with Gasteiger partial charge in [-0.25, -0.2) is 4.98 Å². The molecule has 1 aromatic carbocycles. The molecule has 0 saturated carbocycles. The number of aromatic amines is 1. The molecule has 0 spiro atoms. The number of benzene rings is 1. The topological polar surface area (TPSA) is 566 Å². The summed E-state index contributed by atoms with van der Waals surface area (Å²) in [5.41, 5.74) is 9.40. The average Bonchev–Trinajstić information content (AvgIpc) is 1.42. The zero-order chi connectivity index (χ0) is 71.1. The number of phenols is 1. The van der Waals surface area contributed by atoms with E-state index < -0.39 is 225 Å². The number of imidazole rings is 1. The van der Waals surface area contributed by atoms with Crippen LogP contribution in [0.25, 0.3) is 11.3 Å². The first-order valence-corrected chi connectivity index (χ1v) is 30.9. The number of hydrogen-bond acceptors (Lipinski definition) is 22. The molecule has 1 saturated heterocycles. The van der Waals surface area contributed by atoms with Crippen LogP contribution >= 0.6 is 0 Å². The fraction of sp³-hybridized carbons (Fsp3) is 0.525. The van der Waals surface area contributed by atoms with Crippen LogP contribution in [0.3, 0.4) is 0 Å². The molecule has 526 valence electrons. The lowest BCUT2D eigenvalue weighted by Crippen LogP contribution is -2.64. The van der Waals surface area contributed by atoms with Gasteiger partial charge < -0.3 is 115 Å². The molecule has 15 atom stereocenters. The van der Waals surface area contributed by atoms with Gasteiger partial charge in [0.15, 0.2) is 12.4 Å². The molecule has 4 heterocycles. The number of hydrogen-bond donors (Lipinski definition) is 20. The number of unbranched alkanes of at least 4 members (excludes halogenated alkanes) is 4. The van der Waals surface area contributed by atoms with E-state index in [-0.39, 0.29) is 22.5 Å². The number of allylic oxidation sites excluding steroid dienone is 5. The summed E-state index contributed by atoms with van der Waals surface area (Å²) in [4.78, 5) is 175. The van der Waals surface area contributed by atoms with Crippen molar-refractivity contribution in [3.05, 3.63) is 83.6 Å². The number of nitrogens with zero attached hydrogens (tertiary/aromatic N) is 1. The Morgan fingerprint density at radius 2 is 1.52 bits per heavy atom. The highest BCUT2D eigenvalue weighted by molar-refractivity contribution is 6.04. The number of primary amides is 2. The molecule has 1 aromatic heterocycles. The van der Waals surface area contributed by atoms with Crippen molar-refractivity contribution in [2.45, 2.75) is 190 Å². The third-order valence-electron chi connectivity index (χ3n) is 15.4. The minimum Gasteiger partial charge on any atom is -0.507 e. The molecular weight excluding hydrogens is 1260 g/mol. The Hall–Kier alpha value is -9.49. The molecule has 3 aliphatic rings. The predicted octanol–water partition coefficient (Wildman–Crippen LogP) is -6.39. The van der Waals surface area contributed by atoms with E-state index in [4.69, 9.17) is 20.9 Å². The molecule has 22 N–H and O–H groups in total. The number of aliphatic hydroxyl groups excluding tert-OH is 6. The number of nitrogens with one attached hydrogen (secondary N) is 11. The third-order valence-corrected chi connectivity index (χ3v) is 15.4. The van der Waals surface area contributed by atoms with Crippen molar-refractivity contribution in [1.82, 2.24) is 63.1 Å². The highest BCUT2D eigenvalue weighted by atomic mass is 16.7. The van der Waals surface area contributed by atoms with Gasteiger partial charge >= 0.3 is 0 Å². The van der Waals surface area contributed by atoms with E-state index in [9.17, 15) is 93.3 Å². The molecule has 12 amide bonds. The van der Waals surface area contributed by atoms with Crippen LogP contribution in [0.2, 0.25) is 0 Å². The van der Waals surface area contributed by atoms with Crippen molar-refractivity contribution >= 4 is 70.9 Å². The molecule has 96 heavy (non-hydrogen) atoms. The zero-order valence-corrected chi connectivity index (χ0v) is 53.4. The number of fused-ring (bicyclic) bond motifs is 2. The van der Waals surface area contributed by atoms with E-state index >= 15 is 0 Å². The quantitative estimate of drug-likeness (QED) is 0.0314. The second-order valence-electron chi connectivity index (χ2n) is 23.0. The normalized spacial score (nSPS) is 26.5. The number of nitrogens with two attached hydrogens (primary N) is 2. The molecule has 15 unspecified atom stereocenters. The second kappa shape index (κ2) is 37.0. The summed E-state index contributed by atoms with van der Waals surface area (Å²) >= 11 is 0. The zero-order valence-electron chi connectivity index (χ0n) is 53.4. The van der Waals surface area contributed by atoms with Crippen LogP contribution in [-0.4, -0.2) is 221 Å². The van der Waals surface area contributed by atoms with Crippen molar-refractivity contribution in [3.8, 4) is 17.0 Å². The Morgan fingerprint density at radius 1 is 0.812 bits per heavy atom.